The van der Waals surface area contributed by atoms with Crippen molar-refractivity contribution in [1.82, 2.24) is 9.78 Å². The average Bonchev–Trinajstić information content (AvgIpc) is 2.45. The second-order valence-corrected chi connectivity index (χ2v) is 2.70. The van der Waals surface area contributed by atoms with E-state index in [9.17, 15) is 0 Å². The lowest BCUT2D eigenvalue weighted by Gasteiger charge is -2.19. The van der Waals surface area contributed by atoms with Crippen LogP contribution < -0.4 is 5.43 Å². The van der Waals surface area contributed by atoms with Gasteiger partial charge in [0.2, 0.25) is 0 Å². The van der Waals surface area contributed by atoms with E-state index in [0.717, 1.165) is 11.5 Å². The van der Waals surface area contributed by atoms with Gasteiger partial charge in [0, 0.05) is 6.07 Å². The zero-order chi connectivity index (χ0) is 7.84. The maximum atomic E-state index is 4.16. The first-order valence-corrected chi connectivity index (χ1v) is 3.63. The van der Waals surface area contributed by atoms with Gasteiger partial charge in [-0.05, 0) is 13.8 Å². The summed E-state index contributed by atoms with van der Waals surface area (Å²) in [6, 6.07) is 2.19. The van der Waals surface area contributed by atoms with Crippen molar-refractivity contribution >= 4 is 11.5 Å². The van der Waals surface area contributed by atoms with Crippen molar-refractivity contribution in [2.24, 2.45) is 5.10 Å². The van der Waals surface area contributed by atoms with Crippen LogP contribution in [-0.4, -0.2) is 15.5 Å². The Morgan fingerprint density at radius 1 is 1.64 bits per heavy atom. The highest BCUT2D eigenvalue weighted by Gasteiger charge is 2.16. The zero-order valence-electron chi connectivity index (χ0n) is 6.57. The van der Waals surface area contributed by atoms with Crippen LogP contribution in [0.15, 0.2) is 17.4 Å². The second-order valence-electron chi connectivity index (χ2n) is 2.70. The smallest absolute Gasteiger partial charge is 0.145 e. The molecule has 1 unspecified atom stereocenters. The van der Waals surface area contributed by atoms with Crippen LogP contribution in [0.4, 0.5) is 5.82 Å². The quantitative estimate of drug-likeness (QED) is 0.604. The van der Waals surface area contributed by atoms with Gasteiger partial charge in [0.25, 0.3) is 0 Å². The molecule has 2 rings (SSSR count). The van der Waals surface area contributed by atoms with E-state index in [-0.39, 0.29) is 6.04 Å². The summed E-state index contributed by atoms with van der Waals surface area (Å²) < 4.78 is 1.92. The van der Waals surface area contributed by atoms with E-state index in [0.29, 0.717) is 0 Å². The number of fused-ring (bicyclic) bond motifs is 1. The summed E-state index contributed by atoms with van der Waals surface area (Å²) in [5.41, 5.74) is 3.97. The van der Waals surface area contributed by atoms with Gasteiger partial charge in [0.15, 0.2) is 0 Å². The minimum absolute atomic E-state index is 0.279. The fraction of sp³-hybridized carbons (Fsp3) is 0.429. The summed E-state index contributed by atoms with van der Waals surface area (Å²) in [5, 5.41) is 8.29. The first-order chi connectivity index (χ1) is 5.29. The van der Waals surface area contributed by atoms with Crippen LogP contribution in [0.2, 0.25) is 0 Å². The Morgan fingerprint density at radius 2 is 2.45 bits per heavy atom. The van der Waals surface area contributed by atoms with Gasteiger partial charge in [-0.2, -0.15) is 10.2 Å². The van der Waals surface area contributed by atoms with Crippen LogP contribution in [0.1, 0.15) is 19.9 Å². The monoisotopic (exact) mass is 150 g/mol. The molecule has 0 saturated heterocycles. The Kier molecular flexibility index (Phi) is 1.21. The molecule has 1 N–H and O–H groups in total. The van der Waals surface area contributed by atoms with Crippen LogP contribution in [0.25, 0.3) is 0 Å². The molecule has 1 aromatic heterocycles. The van der Waals surface area contributed by atoms with E-state index in [1.54, 1.807) is 6.20 Å². The average molecular weight is 150 g/mol. The van der Waals surface area contributed by atoms with E-state index in [1.165, 1.54) is 0 Å². The predicted octanol–water partition coefficient (Wildman–Crippen LogP) is 1.25. The van der Waals surface area contributed by atoms with Crippen LogP contribution >= 0.6 is 0 Å². The maximum Gasteiger partial charge on any atom is 0.145 e. The summed E-state index contributed by atoms with van der Waals surface area (Å²) in [6.45, 7) is 4.07. The van der Waals surface area contributed by atoms with Crippen LogP contribution in [0, 0.1) is 0 Å². The molecule has 1 aliphatic rings. The van der Waals surface area contributed by atoms with Crippen LogP contribution in [0.5, 0.6) is 0 Å². The van der Waals surface area contributed by atoms with Gasteiger partial charge in [0.05, 0.1) is 18.0 Å². The molecule has 1 aliphatic heterocycles. The number of nitrogens with zero attached hydrogens (tertiary/aromatic N) is 3. The van der Waals surface area contributed by atoms with Gasteiger partial charge in [-0.1, -0.05) is 0 Å². The number of nitrogens with one attached hydrogen (secondary N) is 1. The number of aromatic nitrogens is 2. The molecule has 0 amide bonds. The summed E-state index contributed by atoms with van der Waals surface area (Å²) in [6.07, 6.45) is 1.77. The van der Waals surface area contributed by atoms with E-state index in [1.807, 2.05) is 17.7 Å². The molecule has 2 heterocycles. The molecule has 4 heteroatoms. The summed E-state index contributed by atoms with van der Waals surface area (Å²) in [4.78, 5) is 0. The van der Waals surface area contributed by atoms with Gasteiger partial charge >= 0.3 is 0 Å². The molecular formula is C7H10N4. The first kappa shape index (κ1) is 6.39. The Labute approximate surface area is 64.9 Å². The first-order valence-electron chi connectivity index (χ1n) is 3.63. The maximum absolute atomic E-state index is 4.16. The lowest BCUT2D eigenvalue weighted by molar-refractivity contribution is 0.600. The van der Waals surface area contributed by atoms with Gasteiger partial charge in [-0.15, -0.1) is 0 Å². The molecule has 0 spiro atoms. The Balaban J connectivity index is 2.46. The predicted molar refractivity (Wildman–Crippen MR) is 43.7 cm³/mol. The molecule has 0 fully saturated rings. The molecular weight excluding hydrogens is 140 g/mol. The van der Waals surface area contributed by atoms with Crippen LogP contribution in [0.3, 0.4) is 0 Å². The zero-order valence-corrected chi connectivity index (χ0v) is 6.57. The topological polar surface area (TPSA) is 42.2 Å². The van der Waals surface area contributed by atoms with Crippen molar-refractivity contribution in [3.63, 3.8) is 0 Å². The number of hydrogen-bond acceptors (Lipinski definition) is 3. The molecule has 11 heavy (non-hydrogen) atoms. The molecule has 1 aromatic rings. The van der Waals surface area contributed by atoms with Crippen LogP contribution in [-0.2, 0) is 0 Å². The van der Waals surface area contributed by atoms with Crippen molar-refractivity contribution in [3.05, 3.63) is 12.3 Å². The third kappa shape index (κ3) is 0.824. The fourth-order valence-electron chi connectivity index (χ4n) is 1.13. The SMILES string of the molecule is CC1=NNc2ccnn2C1C. The van der Waals surface area contributed by atoms with Crippen molar-refractivity contribution in [2.75, 3.05) is 5.43 Å². The third-order valence-electron chi connectivity index (χ3n) is 1.99. The number of anilines is 1. The Morgan fingerprint density at radius 3 is 3.27 bits per heavy atom. The lowest BCUT2D eigenvalue weighted by atomic mass is 10.2. The highest BCUT2D eigenvalue weighted by atomic mass is 15.5. The third-order valence-corrected chi connectivity index (χ3v) is 1.99. The molecule has 0 saturated carbocycles. The molecule has 58 valence electrons. The Hall–Kier alpha value is -1.32. The number of rotatable bonds is 0. The van der Waals surface area contributed by atoms with Crippen molar-refractivity contribution in [3.8, 4) is 0 Å². The number of hydrazone groups is 1. The minimum Gasteiger partial charge on any atom is -0.262 e. The lowest BCUT2D eigenvalue weighted by Crippen LogP contribution is -2.22. The van der Waals surface area contributed by atoms with E-state index in [2.05, 4.69) is 22.5 Å². The Bertz CT molecular complexity index is 299. The van der Waals surface area contributed by atoms with Gasteiger partial charge in [-0.3, -0.25) is 5.43 Å². The molecule has 0 aromatic carbocycles. The van der Waals surface area contributed by atoms with E-state index >= 15 is 0 Å². The molecule has 1 atom stereocenters. The van der Waals surface area contributed by atoms with E-state index in [4.69, 9.17) is 0 Å². The normalized spacial score (nSPS) is 22.0. The summed E-state index contributed by atoms with van der Waals surface area (Å²) in [5.74, 6) is 0.961. The molecule has 0 bridgehead atoms. The largest absolute Gasteiger partial charge is 0.262 e. The fourth-order valence-corrected chi connectivity index (χ4v) is 1.13. The summed E-state index contributed by atoms with van der Waals surface area (Å²) >= 11 is 0. The van der Waals surface area contributed by atoms with E-state index < -0.39 is 0 Å². The summed E-state index contributed by atoms with van der Waals surface area (Å²) in [7, 11) is 0. The van der Waals surface area contributed by atoms with Gasteiger partial charge < -0.3 is 0 Å². The number of hydrogen-bond donors (Lipinski definition) is 1. The standard InChI is InChI=1S/C7H10N4/c1-5-6(2)11-7(10-9-5)3-4-8-11/h3-4,6,10H,1-2H3. The van der Waals surface area contributed by atoms with Crippen molar-refractivity contribution < 1.29 is 0 Å². The van der Waals surface area contributed by atoms with Crippen molar-refractivity contribution in [1.29, 1.82) is 0 Å². The highest BCUT2D eigenvalue weighted by Crippen LogP contribution is 2.19. The minimum atomic E-state index is 0.279. The second kappa shape index (κ2) is 2.08. The van der Waals surface area contributed by atoms with Gasteiger partial charge in [-0.25, -0.2) is 4.68 Å². The van der Waals surface area contributed by atoms with Crippen molar-refractivity contribution in [2.45, 2.75) is 19.9 Å². The highest BCUT2D eigenvalue weighted by molar-refractivity contribution is 5.87. The molecule has 0 aliphatic carbocycles. The molecule has 4 nitrogen and oxygen atoms in total. The van der Waals surface area contributed by atoms with Gasteiger partial charge in [0.1, 0.15) is 5.82 Å². The molecule has 0 radical (unpaired) electrons.